The van der Waals surface area contributed by atoms with Gasteiger partial charge in [0.25, 0.3) is 0 Å². The van der Waals surface area contributed by atoms with E-state index in [4.69, 9.17) is 23.7 Å². The highest BCUT2D eigenvalue weighted by atomic mass is 16.5. The molecule has 0 unspecified atom stereocenters. The Morgan fingerprint density at radius 2 is 1.80 bits per heavy atom. The Morgan fingerprint density at radius 3 is 2.57 bits per heavy atom. The largest absolute Gasteiger partial charge is 0.497 e. The Balaban J connectivity index is 1.39. The lowest BCUT2D eigenvalue weighted by Gasteiger charge is -2.30. The molecule has 7 nitrogen and oxygen atoms in total. The molecule has 2 aliphatic rings. The molecule has 2 aliphatic heterocycles. The van der Waals surface area contributed by atoms with Crippen LogP contribution in [0.1, 0.15) is 32.6 Å². The van der Waals surface area contributed by atoms with E-state index in [-0.39, 0.29) is 5.78 Å². The summed E-state index contributed by atoms with van der Waals surface area (Å²) in [5.74, 6) is 3.61. The van der Waals surface area contributed by atoms with Gasteiger partial charge in [-0.15, -0.1) is 0 Å². The third-order valence-corrected chi connectivity index (χ3v) is 6.25. The van der Waals surface area contributed by atoms with Crippen molar-refractivity contribution in [1.82, 2.24) is 4.90 Å². The van der Waals surface area contributed by atoms with Crippen LogP contribution in [0.25, 0.3) is 6.08 Å². The van der Waals surface area contributed by atoms with Crippen LogP contribution in [0.5, 0.6) is 28.7 Å². The van der Waals surface area contributed by atoms with Crippen molar-refractivity contribution in [2.24, 2.45) is 0 Å². The number of rotatable bonds is 6. The quantitative estimate of drug-likeness (QED) is 0.467. The topological polar surface area (TPSA) is 66.5 Å². The highest BCUT2D eigenvalue weighted by Crippen LogP contribution is 2.43. The molecule has 5 rings (SSSR count). The molecule has 0 saturated heterocycles. The van der Waals surface area contributed by atoms with Crippen LogP contribution in [0.4, 0.5) is 0 Å². The molecule has 180 valence electrons. The van der Waals surface area contributed by atoms with Crippen molar-refractivity contribution in [1.29, 1.82) is 0 Å². The van der Waals surface area contributed by atoms with Crippen LogP contribution in [-0.4, -0.2) is 38.7 Å². The third kappa shape index (κ3) is 4.31. The molecule has 3 aromatic carbocycles. The zero-order valence-electron chi connectivity index (χ0n) is 20.2. The van der Waals surface area contributed by atoms with Crippen molar-refractivity contribution >= 4 is 11.9 Å². The predicted molar refractivity (Wildman–Crippen MR) is 131 cm³/mol. The van der Waals surface area contributed by atoms with E-state index in [9.17, 15) is 4.79 Å². The molecule has 0 bridgehead atoms. The van der Waals surface area contributed by atoms with Crippen molar-refractivity contribution in [3.8, 4) is 28.7 Å². The molecular weight excluding hydrogens is 446 g/mol. The minimum Gasteiger partial charge on any atom is -0.497 e. The first-order chi connectivity index (χ1) is 17.0. The van der Waals surface area contributed by atoms with Gasteiger partial charge in [-0.1, -0.05) is 18.2 Å². The van der Waals surface area contributed by atoms with Crippen LogP contribution in [0.2, 0.25) is 0 Å². The molecule has 0 aromatic heterocycles. The number of methoxy groups -OCH3 is 3. The highest BCUT2D eigenvalue weighted by Gasteiger charge is 2.33. The summed E-state index contributed by atoms with van der Waals surface area (Å²) in [7, 11) is 4.86. The van der Waals surface area contributed by atoms with Crippen molar-refractivity contribution < 1.29 is 28.5 Å². The molecule has 2 heterocycles. The Hall–Kier alpha value is -3.97. The summed E-state index contributed by atoms with van der Waals surface area (Å²) in [4.78, 5) is 15.4. The SMILES string of the molecule is COc1cccc(/C=C2\Oc3c(cc4c(c3C)OCN(Cc3ccc(OC)c(OC)c3)C4)C2=O)c1. The molecule has 3 aromatic rings. The van der Waals surface area contributed by atoms with E-state index in [1.165, 1.54) is 0 Å². The van der Waals surface area contributed by atoms with Crippen molar-refractivity contribution in [3.05, 3.63) is 82.1 Å². The first kappa shape index (κ1) is 22.8. The number of carbonyl (C=O) groups excluding carboxylic acids is 1. The van der Waals surface area contributed by atoms with E-state index in [1.54, 1.807) is 27.4 Å². The van der Waals surface area contributed by atoms with Crippen LogP contribution in [0.15, 0.2) is 54.3 Å². The zero-order chi connectivity index (χ0) is 24.5. The summed E-state index contributed by atoms with van der Waals surface area (Å²) in [6.07, 6.45) is 1.74. The molecule has 35 heavy (non-hydrogen) atoms. The predicted octanol–water partition coefficient (Wildman–Crippen LogP) is 4.99. The van der Waals surface area contributed by atoms with Gasteiger partial charge in [0.15, 0.2) is 17.3 Å². The van der Waals surface area contributed by atoms with Crippen LogP contribution in [0.3, 0.4) is 0 Å². The van der Waals surface area contributed by atoms with Gasteiger partial charge in [-0.3, -0.25) is 9.69 Å². The number of Topliss-reactive ketones (excluding diaryl/α,β-unsaturated/α-hetero) is 1. The number of hydrogen-bond donors (Lipinski definition) is 0. The standard InChI is InChI=1S/C28H27NO6/c1-17-27-20(15-29(16-34-27)14-19-8-9-23(32-3)24(12-19)33-4)13-22-26(30)25(35-28(17)22)11-18-6-5-7-21(10-18)31-2/h5-13H,14-16H2,1-4H3/b25-11-. The summed E-state index contributed by atoms with van der Waals surface area (Å²) in [6, 6.07) is 15.3. The maximum atomic E-state index is 13.2. The van der Waals surface area contributed by atoms with Gasteiger partial charge in [0.05, 0.1) is 26.9 Å². The second kappa shape index (κ2) is 9.35. The maximum Gasteiger partial charge on any atom is 0.231 e. The number of ketones is 1. The van der Waals surface area contributed by atoms with E-state index in [0.717, 1.165) is 33.8 Å². The summed E-state index contributed by atoms with van der Waals surface area (Å²) in [5, 5.41) is 0. The Bertz CT molecular complexity index is 1330. The fourth-order valence-electron chi connectivity index (χ4n) is 4.52. The molecule has 0 saturated carbocycles. The van der Waals surface area contributed by atoms with Crippen molar-refractivity contribution in [2.75, 3.05) is 28.1 Å². The monoisotopic (exact) mass is 473 g/mol. The molecule has 0 radical (unpaired) electrons. The number of ether oxygens (including phenoxy) is 5. The minimum absolute atomic E-state index is 0.134. The fourth-order valence-corrected chi connectivity index (χ4v) is 4.52. The molecule has 0 atom stereocenters. The van der Waals surface area contributed by atoms with Crippen molar-refractivity contribution in [3.63, 3.8) is 0 Å². The first-order valence-corrected chi connectivity index (χ1v) is 11.3. The summed E-state index contributed by atoms with van der Waals surface area (Å²) in [5.41, 5.74) is 4.28. The second-order valence-corrected chi connectivity index (χ2v) is 8.53. The van der Waals surface area contributed by atoms with E-state index in [0.29, 0.717) is 48.4 Å². The Morgan fingerprint density at radius 1 is 0.971 bits per heavy atom. The lowest BCUT2D eigenvalue weighted by atomic mass is 9.99. The molecule has 0 spiro atoms. The Labute approximate surface area is 204 Å². The van der Waals surface area contributed by atoms with Gasteiger partial charge in [0.1, 0.15) is 24.0 Å². The Kier molecular flexibility index (Phi) is 6.09. The highest BCUT2D eigenvalue weighted by molar-refractivity contribution is 6.15. The zero-order valence-corrected chi connectivity index (χ0v) is 20.2. The van der Waals surface area contributed by atoms with E-state index >= 15 is 0 Å². The fraction of sp³-hybridized carbons (Fsp3) is 0.250. The normalized spacial score (nSPS) is 15.8. The number of carbonyl (C=O) groups is 1. The van der Waals surface area contributed by atoms with E-state index in [2.05, 4.69) is 4.90 Å². The molecule has 0 N–H and O–H groups in total. The van der Waals surface area contributed by atoms with Crippen LogP contribution >= 0.6 is 0 Å². The lowest BCUT2D eigenvalue weighted by Crippen LogP contribution is -2.32. The average molecular weight is 474 g/mol. The molecule has 7 heteroatoms. The van der Waals surface area contributed by atoms with Crippen molar-refractivity contribution in [2.45, 2.75) is 20.0 Å². The number of fused-ring (bicyclic) bond motifs is 2. The lowest BCUT2D eigenvalue weighted by molar-refractivity contribution is 0.0876. The van der Waals surface area contributed by atoms with Gasteiger partial charge in [0, 0.05) is 24.2 Å². The summed E-state index contributed by atoms with van der Waals surface area (Å²) in [6.45, 7) is 3.69. The average Bonchev–Trinajstić information content (AvgIpc) is 3.19. The number of hydrogen-bond acceptors (Lipinski definition) is 7. The number of allylic oxidation sites excluding steroid dienone is 1. The second-order valence-electron chi connectivity index (χ2n) is 8.53. The van der Waals surface area contributed by atoms with Gasteiger partial charge >= 0.3 is 0 Å². The number of benzene rings is 3. The van der Waals surface area contributed by atoms with Gasteiger partial charge in [-0.2, -0.15) is 0 Å². The van der Waals surface area contributed by atoms with Gasteiger partial charge in [-0.05, 0) is 54.5 Å². The van der Waals surface area contributed by atoms with Crippen LogP contribution in [0, 0.1) is 6.92 Å². The van der Waals surface area contributed by atoms with Gasteiger partial charge < -0.3 is 23.7 Å². The maximum absolute atomic E-state index is 13.2. The molecule has 0 amide bonds. The smallest absolute Gasteiger partial charge is 0.231 e. The summed E-state index contributed by atoms with van der Waals surface area (Å²) >= 11 is 0. The van der Waals surface area contributed by atoms with Crippen LogP contribution < -0.4 is 23.7 Å². The first-order valence-electron chi connectivity index (χ1n) is 11.3. The minimum atomic E-state index is -0.134. The third-order valence-electron chi connectivity index (χ3n) is 6.25. The molecular formula is C28H27NO6. The molecule has 0 aliphatic carbocycles. The van der Waals surface area contributed by atoms with Gasteiger partial charge in [0.2, 0.25) is 5.78 Å². The number of nitrogens with zero attached hydrogens (tertiary/aromatic N) is 1. The summed E-state index contributed by atoms with van der Waals surface area (Å²) < 4.78 is 28.2. The van der Waals surface area contributed by atoms with Crippen LogP contribution in [-0.2, 0) is 13.1 Å². The van der Waals surface area contributed by atoms with Gasteiger partial charge in [-0.25, -0.2) is 0 Å². The van der Waals surface area contributed by atoms with E-state index in [1.807, 2.05) is 55.5 Å². The van der Waals surface area contributed by atoms with E-state index < -0.39 is 0 Å². The molecule has 0 fully saturated rings.